The molecule has 0 aliphatic heterocycles. The molecule has 1 aromatic rings. The number of rotatable bonds is 5. The van der Waals surface area contributed by atoms with E-state index in [-0.39, 0.29) is 6.04 Å². The van der Waals surface area contributed by atoms with E-state index in [2.05, 4.69) is 13.8 Å². The fourth-order valence-electron chi connectivity index (χ4n) is 2.06. The molecule has 3 heteroatoms. The van der Waals surface area contributed by atoms with Gasteiger partial charge in [-0.2, -0.15) is 0 Å². The van der Waals surface area contributed by atoms with Crippen LogP contribution in [-0.4, -0.2) is 14.2 Å². The molecule has 0 radical (unpaired) electrons. The Morgan fingerprint density at radius 1 is 1.12 bits per heavy atom. The van der Waals surface area contributed by atoms with Crippen molar-refractivity contribution < 1.29 is 9.47 Å². The lowest BCUT2D eigenvalue weighted by atomic mass is 9.95. The Balaban J connectivity index is 3.18. The minimum absolute atomic E-state index is 0.0551. The van der Waals surface area contributed by atoms with E-state index in [9.17, 15) is 0 Å². The topological polar surface area (TPSA) is 44.5 Å². The number of aryl methyl sites for hydroxylation is 1. The van der Waals surface area contributed by atoms with E-state index in [1.165, 1.54) is 0 Å². The van der Waals surface area contributed by atoms with Crippen molar-refractivity contribution in [1.29, 1.82) is 0 Å². The van der Waals surface area contributed by atoms with Gasteiger partial charge >= 0.3 is 0 Å². The van der Waals surface area contributed by atoms with Crippen LogP contribution in [0.2, 0.25) is 0 Å². The average Bonchev–Trinajstić information content (AvgIpc) is 2.26. The highest BCUT2D eigenvalue weighted by Gasteiger charge is 2.19. The first kappa shape index (κ1) is 13.8. The molecule has 1 aromatic carbocycles. The summed E-state index contributed by atoms with van der Waals surface area (Å²) in [6.45, 7) is 6.34. The largest absolute Gasteiger partial charge is 0.496 e. The lowest BCUT2D eigenvalue weighted by molar-refractivity contribution is 0.371. The van der Waals surface area contributed by atoms with Crippen LogP contribution in [0.3, 0.4) is 0 Å². The highest BCUT2D eigenvalue weighted by atomic mass is 16.5. The van der Waals surface area contributed by atoms with Gasteiger partial charge in [0, 0.05) is 6.04 Å². The van der Waals surface area contributed by atoms with Gasteiger partial charge in [0.2, 0.25) is 0 Å². The van der Waals surface area contributed by atoms with Crippen molar-refractivity contribution >= 4 is 0 Å². The summed E-state index contributed by atoms with van der Waals surface area (Å²) in [4.78, 5) is 0. The lowest BCUT2D eigenvalue weighted by Gasteiger charge is -2.21. The first-order valence-electron chi connectivity index (χ1n) is 5.97. The van der Waals surface area contributed by atoms with Gasteiger partial charge in [-0.25, -0.2) is 0 Å². The molecule has 1 atom stereocenters. The van der Waals surface area contributed by atoms with E-state index in [1.807, 2.05) is 19.1 Å². The second-order valence-corrected chi connectivity index (χ2v) is 4.82. The highest BCUT2D eigenvalue weighted by molar-refractivity contribution is 5.49. The summed E-state index contributed by atoms with van der Waals surface area (Å²) in [6.07, 6.45) is 0.912. The van der Waals surface area contributed by atoms with Crippen LogP contribution in [0.1, 0.15) is 37.4 Å². The lowest BCUT2D eigenvalue weighted by Crippen LogP contribution is -2.15. The Morgan fingerprint density at radius 2 is 1.59 bits per heavy atom. The number of ether oxygens (including phenoxy) is 2. The van der Waals surface area contributed by atoms with Gasteiger partial charge in [-0.05, 0) is 37.0 Å². The van der Waals surface area contributed by atoms with Crippen molar-refractivity contribution in [2.75, 3.05) is 14.2 Å². The second kappa shape index (κ2) is 5.92. The third kappa shape index (κ3) is 3.37. The van der Waals surface area contributed by atoms with E-state index < -0.39 is 0 Å². The molecule has 0 saturated heterocycles. The van der Waals surface area contributed by atoms with Gasteiger partial charge in [-0.1, -0.05) is 13.8 Å². The van der Waals surface area contributed by atoms with E-state index >= 15 is 0 Å². The molecule has 2 N–H and O–H groups in total. The summed E-state index contributed by atoms with van der Waals surface area (Å²) in [6, 6.07) is 3.94. The molecule has 0 aliphatic rings. The van der Waals surface area contributed by atoms with Gasteiger partial charge in [-0.3, -0.25) is 0 Å². The molecule has 0 heterocycles. The van der Waals surface area contributed by atoms with Gasteiger partial charge in [0.05, 0.1) is 19.8 Å². The molecule has 96 valence electrons. The van der Waals surface area contributed by atoms with Crippen molar-refractivity contribution in [2.45, 2.75) is 33.2 Å². The van der Waals surface area contributed by atoms with Crippen molar-refractivity contribution in [2.24, 2.45) is 11.7 Å². The highest BCUT2D eigenvalue weighted by Crippen LogP contribution is 2.36. The summed E-state index contributed by atoms with van der Waals surface area (Å²) in [7, 11) is 3.33. The van der Waals surface area contributed by atoms with Crippen LogP contribution in [-0.2, 0) is 0 Å². The third-order valence-corrected chi connectivity index (χ3v) is 2.78. The Bertz CT molecular complexity index is 349. The molecule has 0 spiro atoms. The zero-order valence-corrected chi connectivity index (χ0v) is 11.4. The maximum atomic E-state index is 6.24. The molecule has 17 heavy (non-hydrogen) atoms. The van der Waals surface area contributed by atoms with Crippen molar-refractivity contribution in [3.05, 3.63) is 23.3 Å². The molecule has 0 saturated carbocycles. The fraction of sp³-hybridized carbons (Fsp3) is 0.571. The number of methoxy groups -OCH3 is 2. The van der Waals surface area contributed by atoms with Crippen LogP contribution >= 0.6 is 0 Å². The Kier molecular flexibility index (Phi) is 4.82. The van der Waals surface area contributed by atoms with Crippen LogP contribution in [0.25, 0.3) is 0 Å². The van der Waals surface area contributed by atoms with Crippen molar-refractivity contribution in [1.82, 2.24) is 0 Å². The number of hydrogen-bond acceptors (Lipinski definition) is 3. The maximum absolute atomic E-state index is 6.24. The zero-order chi connectivity index (χ0) is 13.0. The second-order valence-electron chi connectivity index (χ2n) is 4.82. The molecule has 0 fully saturated rings. The van der Waals surface area contributed by atoms with Crippen LogP contribution < -0.4 is 15.2 Å². The summed E-state index contributed by atoms with van der Waals surface area (Å²) >= 11 is 0. The van der Waals surface area contributed by atoms with E-state index in [1.54, 1.807) is 14.2 Å². The fourth-order valence-corrected chi connectivity index (χ4v) is 2.06. The predicted molar refractivity (Wildman–Crippen MR) is 70.7 cm³/mol. The molecule has 0 amide bonds. The number of benzene rings is 1. The van der Waals surface area contributed by atoms with E-state index in [4.69, 9.17) is 15.2 Å². The molecule has 0 aromatic heterocycles. The molecule has 1 rings (SSSR count). The molecule has 0 unspecified atom stereocenters. The molecular formula is C14H23NO2. The Morgan fingerprint density at radius 3 is 1.94 bits per heavy atom. The first-order chi connectivity index (χ1) is 7.99. The van der Waals surface area contributed by atoms with Gasteiger partial charge in [-0.15, -0.1) is 0 Å². The standard InChI is InChI=1S/C14H23NO2/c1-9(2)6-11(15)14-12(16-4)7-10(3)8-13(14)17-5/h7-9,11H,6,15H2,1-5H3/t11-/m1/s1. The molecule has 0 aliphatic carbocycles. The van der Waals surface area contributed by atoms with Crippen molar-refractivity contribution in [3.8, 4) is 11.5 Å². The predicted octanol–water partition coefficient (Wildman–Crippen LogP) is 3.06. The van der Waals surface area contributed by atoms with Crippen LogP contribution in [0.15, 0.2) is 12.1 Å². The normalized spacial score (nSPS) is 12.6. The molecular weight excluding hydrogens is 214 g/mol. The number of hydrogen-bond donors (Lipinski definition) is 1. The summed E-state index contributed by atoms with van der Waals surface area (Å²) < 4.78 is 10.8. The summed E-state index contributed by atoms with van der Waals surface area (Å²) in [5.74, 6) is 2.17. The van der Waals surface area contributed by atoms with Gasteiger partial charge in [0.25, 0.3) is 0 Å². The first-order valence-corrected chi connectivity index (χ1v) is 5.97. The maximum Gasteiger partial charge on any atom is 0.127 e. The minimum Gasteiger partial charge on any atom is -0.496 e. The van der Waals surface area contributed by atoms with E-state index in [0.717, 1.165) is 29.0 Å². The Labute approximate surface area is 104 Å². The van der Waals surface area contributed by atoms with Crippen LogP contribution in [0, 0.1) is 12.8 Å². The third-order valence-electron chi connectivity index (χ3n) is 2.78. The van der Waals surface area contributed by atoms with Crippen LogP contribution in [0.4, 0.5) is 0 Å². The minimum atomic E-state index is -0.0551. The van der Waals surface area contributed by atoms with Gasteiger partial charge < -0.3 is 15.2 Å². The van der Waals surface area contributed by atoms with Gasteiger partial charge in [0.1, 0.15) is 11.5 Å². The average molecular weight is 237 g/mol. The van der Waals surface area contributed by atoms with Gasteiger partial charge in [0.15, 0.2) is 0 Å². The zero-order valence-electron chi connectivity index (χ0n) is 11.4. The number of nitrogens with two attached hydrogens (primary N) is 1. The monoisotopic (exact) mass is 237 g/mol. The summed E-state index contributed by atoms with van der Waals surface area (Å²) in [5.41, 5.74) is 8.32. The van der Waals surface area contributed by atoms with Crippen molar-refractivity contribution in [3.63, 3.8) is 0 Å². The SMILES string of the molecule is COc1cc(C)cc(OC)c1[C@H](N)CC(C)C. The smallest absolute Gasteiger partial charge is 0.127 e. The Hall–Kier alpha value is -1.22. The molecule has 0 bridgehead atoms. The molecule has 3 nitrogen and oxygen atoms in total. The van der Waals surface area contributed by atoms with E-state index in [0.29, 0.717) is 5.92 Å². The van der Waals surface area contributed by atoms with Crippen LogP contribution in [0.5, 0.6) is 11.5 Å². The summed E-state index contributed by atoms with van der Waals surface area (Å²) in [5, 5.41) is 0. The quantitative estimate of drug-likeness (QED) is 0.856.